The molecule has 2 heterocycles. The Morgan fingerprint density at radius 1 is 1.12 bits per heavy atom. The lowest BCUT2D eigenvalue weighted by molar-refractivity contribution is 0.144. The van der Waals surface area contributed by atoms with Crippen LogP contribution in [0.3, 0.4) is 0 Å². The molecule has 1 atom stereocenters. The van der Waals surface area contributed by atoms with Crippen molar-refractivity contribution in [3.05, 3.63) is 36.4 Å². The molecule has 0 saturated carbocycles. The van der Waals surface area contributed by atoms with E-state index in [0.29, 0.717) is 36.2 Å². The number of aromatic nitrogens is 4. The van der Waals surface area contributed by atoms with Crippen molar-refractivity contribution in [2.45, 2.75) is 13.0 Å². The SMILES string of the molecule is COCCOc1ccc(C(C)Nc2ncnc3nc[nH]c23)cc1OC. The molecule has 0 spiro atoms. The van der Waals surface area contributed by atoms with Gasteiger partial charge in [0, 0.05) is 7.11 Å². The van der Waals surface area contributed by atoms with Crippen LogP contribution in [0.25, 0.3) is 11.2 Å². The van der Waals surface area contributed by atoms with E-state index in [-0.39, 0.29) is 6.04 Å². The standard InChI is InChI=1S/C17H21N5O3/c1-11(22-17-15-16(19-9-18-15)20-10-21-17)12-4-5-13(14(8-12)24-3)25-7-6-23-2/h4-5,8-11H,6-7H2,1-3H3,(H2,18,19,20,21,22). The van der Waals surface area contributed by atoms with Gasteiger partial charge in [-0.15, -0.1) is 0 Å². The molecule has 3 rings (SSSR count). The van der Waals surface area contributed by atoms with Gasteiger partial charge in [0.05, 0.1) is 26.1 Å². The van der Waals surface area contributed by atoms with Gasteiger partial charge in [0.15, 0.2) is 23.0 Å². The van der Waals surface area contributed by atoms with Crippen LogP contribution in [0.15, 0.2) is 30.9 Å². The molecular weight excluding hydrogens is 322 g/mol. The molecule has 25 heavy (non-hydrogen) atoms. The number of hydrogen-bond donors (Lipinski definition) is 2. The second kappa shape index (κ2) is 7.80. The summed E-state index contributed by atoms with van der Waals surface area (Å²) >= 11 is 0. The van der Waals surface area contributed by atoms with Crippen LogP contribution in [-0.2, 0) is 4.74 Å². The number of aromatic amines is 1. The number of benzene rings is 1. The minimum atomic E-state index is 0.00308. The second-order valence-electron chi connectivity index (χ2n) is 5.44. The number of methoxy groups -OCH3 is 2. The largest absolute Gasteiger partial charge is 0.493 e. The lowest BCUT2D eigenvalue weighted by Crippen LogP contribution is -2.10. The maximum absolute atomic E-state index is 5.66. The summed E-state index contributed by atoms with van der Waals surface area (Å²) < 4.78 is 16.1. The van der Waals surface area contributed by atoms with Crippen molar-refractivity contribution >= 4 is 17.0 Å². The smallest absolute Gasteiger partial charge is 0.182 e. The number of H-pyrrole nitrogens is 1. The number of nitrogens with zero attached hydrogens (tertiary/aromatic N) is 3. The molecule has 0 amide bonds. The molecule has 2 N–H and O–H groups in total. The first kappa shape index (κ1) is 17.0. The van der Waals surface area contributed by atoms with Gasteiger partial charge < -0.3 is 24.5 Å². The predicted molar refractivity (Wildman–Crippen MR) is 94.1 cm³/mol. The zero-order valence-corrected chi connectivity index (χ0v) is 14.4. The van der Waals surface area contributed by atoms with Crippen LogP contribution in [0.1, 0.15) is 18.5 Å². The van der Waals surface area contributed by atoms with E-state index in [1.54, 1.807) is 20.5 Å². The summed E-state index contributed by atoms with van der Waals surface area (Å²) in [5, 5.41) is 3.37. The van der Waals surface area contributed by atoms with Crippen molar-refractivity contribution in [3.8, 4) is 11.5 Å². The average Bonchev–Trinajstić information content (AvgIpc) is 3.12. The highest BCUT2D eigenvalue weighted by Gasteiger charge is 2.13. The summed E-state index contributed by atoms with van der Waals surface area (Å²) in [5.41, 5.74) is 2.45. The highest BCUT2D eigenvalue weighted by Crippen LogP contribution is 2.31. The monoisotopic (exact) mass is 343 g/mol. The van der Waals surface area contributed by atoms with Crippen molar-refractivity contribution in [1.82, 2.24) is 19.9 Å². The Labute approximate surface area is 145 Å². The number of anilines is 1. The van der Waals surface area contributed by atoms with Gasteiger partial charge >= 0.3 is 0 Å². The van der Waals surface area contributed by atoms with Gasteiger partial charge in [0.25, 0.3) is 0 Å². The van der Waals surface area contributed by atoms with E-state index in [9.17, 15) is 0 Å². The molecular formula is C17H21N5O3. The zero-order chi connectivity index (χ0) is 17.6. The van der Waals surface area contributed by atoms with Gasteiger partial charge in [0.1, 0.15) is 18.5 Å². The Morgan fingerprint density at radius 3 is 2.80 bits per heavy atom. The number of nitrogens with one attached hydrogen (secondary N) is 2. The minimum absolute atomic E-state index is 0.00308. The summed E-state index contributed by atoms with van der Waals surface area (Å²) in [6.45, 7) is 3.04. The molecule has 1 aromatic carbocycles. The van der Waals surface area contributed by atoms with E-state index in [1.807, 2.05) is 25.1 Å². The molecule has 8 nitrogen and oxygen atoms in total. The molecule has 0 bridgehead atoms. The topological polar surface area (TPSA) is 94.2 Å². The predicted octanol–water partition coefficient (Wildman–Crippen LogP) is 2.56. The first-order valence-electron chi connectivity index (χ1n) is 7.93. The van der Waals surface area contributed by atoms with Crippen LogP contribution >= 0.6 is 0 Å². The average molecular weight is 343 g/mol. The molecule has 0 radical (unpaired) electrons. The molecule has 3 aromatic rings. The Bertz CT molecular complexity index is 836. The van der Waals surface area contributed by atoms with E-state index in [0.717, 1.165) is 11.1 Å². The highest BCUT2D eigenvalue weighted by molar-refractivity contribution is 5.82. The second-order valence-corrected chi connectivity index (χ2v) is 5.44. The van der Waals surface area contributed by atoms with Crippen LogP contribution in [-0.4, -0.2) is 47.4 Å². The first-order valence-corrected chi connectivity index (χ1v) is 7.93. The molecule has 2 aromatic heterocycles. The molecule has 0 aliphatic rings. The molecule has 1 unspecified atom stereocenters. The van der Waals surface area contributed by atoms with Gasteiger partial charge in [-0.05, 0) is 24.6 Å². The van der Waals surface area contributed by atoms with E-state index < -0.39 is 0 Å². The van der Waals surface area contributed by atoms with Gasteiger partial charge in [-0.1, -0.05) is 6.07 Å². The maximum Gasteiger partial charge on any atom is 0.182 e. The van der Waals surface area contributed by atoms with Crippen LogP contribution in [0.2, 0.25) is 0 Å². The van der Waals surface area contributed by atoms with Crippen LogP contribution in [0.4, 0.5) is 5.82 Å². The fraction of sp³-hybridized carbons (Fsp3) is 0.353. The van der Waals surface area contributed by atoms with E-state index in [4.69, 9.17) is 14.2 Å². The highest BCUT2D eigenvalue weighted by atomic mass is 16.5. The van der Waals surface area contributed by atoms with Crippen LogP contribution in [0.5, 0.6) is 11.5 Å². The van der Waals surface area contributed by atoms with Crippen molar-refractivity contribution in [2.75, 3.05) is 32.8 Å². The summed E-state index contributed by atoms with van der Waals surface area (Å²) in [4.78, 5) is 15.6. The van der Waals surface area contributed by atoms with E-state index >= 15 is 0 Å². The van der Waals surface area contributed by atoms with Crippen LogP contribution < -0.4 is 14.8 Å². The van der Waals surface area contributed by atoms with Crippen LogP contribution in [0, 0.1) is 0 Å². The van der Waals surface area contributed by atoms with Crippen molar-refractivity contribution < 1.29 is 14.2 Å². The van der Waals surface area contributed by atoms with Crippen molar-refractivity contribution in [1.29, 1.82) is 0 Å². The number of fused-ring (bicyclic) bond motifs is 1. The summed E-state index contributed by atoms with van der Waals surface area (Å²) in [7, 11) is 3.26. The number of imidazole rings is 1. The number of rotatable bonds is 8. The third-order valence-corrected chi connectivity index (χ3v) is 3.81. The molecule has 0 aliphatic heterocycles. The third-order valence-electron chi connectivity index (χ3n) is 3.81. The molecule has 0 aliphatic carbocycles. The fourth-order valence-electron chi connectivity index (χ4n) is 2.47. The number of ether oxygens (including phenoxy) is 3. The molecule has 0 fully saturated rings. The molecule has 8 heteroatoms. The van der Waals surface area contributed by atoms with Gasteiger partial charge in [-0.2, -0.15) is 0 Å². The third kappa shape index (κ3) is 3.80. The minimum Gasteiger partial charge on any atom is -0.493 e. The zero-order valence-electron chi connectivity index (χ0n) is 14.4. The lowest BCUT2D eigenvalue weighted by atomic mass is 10.1. The number of hydrogen-bond acceptors (Lipinski definition) is 7. The summed E-state index contributed by atoms with van der Waals surface area (Å²) in [6, 6.07) is 5.84. The Balaban J connectivity index is 1.77. The normalized spacial score (nSPS) is 12.1. The maximum atomic E-state index is 5.66. The molecule has 0 saturated heterocycles. The Morgan fingerprint density at radius 2 is 2.00 bits per heavy atom. The summed E-state index contributed by atoms with van der Waals surface area (Å²) in [5.74, 6) is 2.07. The van der Waals surface area contributed by atoms with Crippen molar-refractivity contribution in [2.24, 2.45) is 0 Å². The van der Waals surface area contributed by atoms with Gasteiger partial charge in [-0.3, -0.25) is 0 Å². The van der Waals surface area contributed by atoms with Crippen molar-refractivity contribution in [3.63, 3.8) is 0 Å². The van der Waals surface area contributed by atoms with Gasteiger partial charge in [0.2, 0.25) is 0 Å². The Kier molecular flexibility index (Phi) is 5.30. The quantitative estimate of drug-likeness (QED) is 0.607. The first-order chi connectivity index (χ1) is 12.2. The van der Waals surface area contributed by atoms with Gasteiger partial charge in [-0.25, -0.2) is 15.0 Å². The lowest BCUT2D eigenvalue weighted by Gasteiger charge is -2.17. The Hall–Kier alpha value is -2.87. The van der Waals surface area contributed by atoms with E-state index in [2.05, 4.69) is 25.3 Å². The fourth-order valence-corrected chi connectivity index (χ4v) is 2.47. The molecule has 132 valence electrons. The van der Waals surface area contributed by atoms with E-state index in [1.165, 1.54) is 6.33 Å². The summed E-state index contributed by atoms with van der Waals surface area (Å²) in [6.07, 6.45) is 3.09.